The molecule has 7 heteroatoms. The first kappa shape index (κ1) is 17.4. The highest BCUT2D eigenvalue weighted by molar-refractivity contribution is 6.09. The molecule has 1 heterocycles. The van der Waals surface area contributed by atoms with Crippen LogP contribution in [0.2, 0.25) is 0 Å². The van der Waals surface area contributed by atoms with Crippen LogP contribution >= 0.6 is 0 Å². The van der Waals surface area contributed by atoms with Gasteiger partial charge in [-0.05, 0) is 36.5 Å². The van der Waals surface area contributed by atoms with Crippen LogP contribution in [0.4, 0.5) is 9.18 Å². The van der Waals surface area contributed by atoms with Gasteiger partial charge in [0.25, 0.3) is 5.91 Å². The first-order chi connectivity index (χ1) is 11.9. The summed E-state index contributed by atoms with van der Waals surface area (Å²) >= 11 is 0. The summed E-state index contributed by atoms with van der Waals surface area (Å²) in [5.74, 6) is -1.01. The van der Waals surface area contributed by atoms with Gasteiger partial charge in [0.2, 0.25) is 5.91 Å². The summed E-state index contributed by atoms with van der Waals surface area (Å²) in [4.78, 5) is 38.1. The third-order valence-corrected chi connectivity index (χ3v) is 5.21. The van der Waals surface area contributed by atoms with Crippen LogP contribution in [-0.4, -0.2) is 34.8 Å². The second-order valence-electron chi connectivity index (χ2n) is 6.84. The zero-order valence-corrected chi connectivity index (χ0v) is 14.2. The Balaban J connectivity index is 1.60. The Bertz CT molecular complexity index is 691. The summed E-state index contributed by atoms with van der Waals surface area (Å²) in [5.41, 5.74) is -0.114. The summed E-state index contributed by atoms with van der Waals surface area (Å²) in [5, 5.41) is 5.47. The maximum absolute atomic E-state index is 12.9. The second kappa shape index (κ2) is 6.82. The first-order valence-corrected chi connectivity index (χ1v) is 8.57. The lowest BCUT2D eigenvalue weighted by molar-refractivity contribution is -0.137. The number of hydrogen-bond acceptors (Lipinski definition) is 3. The molecule has 2 atom stereocenters. The minimum Gasteiger partial charge on any atom is -0.350 e. The molecule has 1 saturated heterocycles. The largest absolute Gasteiger partial charge is 0.350 e. The van der Waals surface area contributed by atoms with Crippen molar-refractivity contribution < 1.29 is 18.8 Å². The fraction of sp³-hybridized carbons (Fsp3) is 0.500. The molecule has 6 nitrogen and oxygen atoms in total. The van der Waals surface area contributed by atoms with Crippen molar-refractivity contribution in [3.8, 4) is 0 Å². The molecule has 4 amide bonds. The van der Waals surface area contributed by atoms with E-state index in [1.54, 1.807) is 12.1 Å². The Morgan fingerprint density at radius 3 is 2.72 bits per heavy atom. The van der Waals surface area contributed by atoms with E-state index < -0.39 is 17.5 Å². The lowest BCUT2D eigenvalue weighted by Gasteiger charge is -2.36. The average Bonchev–Trinajstić information content (AvgIpc) is 2.82. The van der Waals surface area contributed by atoms with Gasteiger partial charge in [0, 0.05) is 6.54 Å². The van der Waals surface area contributed by atoms with Crippen molar-refractivity contribution in [3.05, 3.63) is 35.6 Å². The van der Waals surface area contributed by atoms with Gasteiger partial charge in [0.15, 0.2) is 0 Å². The maximum Gasteiger partial charge on any atom is 0.325 e. The Morgan fingerprint density at radius 1 is 1.32 bits per heavy atom. The van der Waals surface area contributed by atoms with Crippen LogP contribution in [0.1, 0.15) is 38.2 Å². The quantitative estimate of drug-likeness (QED) is 0.817. The molecule has 0 bridgehead atoms. The Labute approximate surface area is 145 Å². The van der Waals surface area contributed by atoms with Crippen molar-refractivity contribution in [3.63, 3.8) is 0 Å². The number of carbonyl (C=O) groups excluding carboxylic acids is 3. The van der Waals surface area contributed by atoms with E-state index in [-0.39, 0.29) is 30.7 Å². The van der Waals surface area contributed by atoms with Crippen LogP contribution in [0.25, 0.3) is 0 Å². The molecule has 1 aromatic carbocycles. The van der Waals surface area contributed by atoms with E-state index in [0.717, 1.165) is 29.7 Å². The van der Waals surface area contributed by atoms with Gasteiger partial charge in [-0.1, -0.05) is 31.9 Å². The molecule has 134 valence electrons. The molecule has 0 unspecified atom stereocenters. The highest BCUT2D eigenvalue weighted by Gasteiger charge is 2.55. The number of carbonyl (C=O) groups is 3. The minimum atomic E-state index is -0.855. The van der Waals surface area contributed by atoms with Crippen LogP contribution in [0.15, 0.2) is 24.3 Å². The summed E-state index contributed by atoms with van der Waals surface area (Å²) in [6, 6.07) is 5.26. The zero-order chi connectivity index (χ0) is 18.0. The Morgan fingerprint density at radius 2 is 2.04 bits per heavy atom. The van der Waals surface area contributed by atoms with E-state index in [0.29, 0.717) is 6.42 Å². The van der Waals surface area contributed by atoms with Gasteiger partial charge in [-0.25, -0.2) is 9.18 Å². The molecule has 2 N–H and O–H groups in total. The highest BCUT2D eigenvalue weighted by Crippen LogP contribution is 2.38. The van der Waals surface area contributed by atoms with Crippen LogP contribution in [-0.2, 0) is 16.1 Å². The summed E-state index contributed by atoms with van der Waals surface area (Å²) in [6.07, 6.45) is 3.44. The lowest BCUT2D eigenvalue weighted by Crippen LogP contribution is -2.54. The predicted molar refractivity (Wildman–Crippen MR) is 88.9 cm³/mol. The van der Waals surface area contributed by atoms with Crippen LogP contribution in [0.3, 0.4) is 0 Å². The number of nitrogens with zero attached hydrogens (tertiary/aromatic N) is 1. The first-order valence-electron chi connectivity index (χ1n) is 8.57. The molecule has 1 aromatic rings. The van der Waals surface area contributed by atoms with E-state index in [9.17, 15) is 18.8 Å². The van der Waals surface area contributed by atoms with Crippen molar-refractivity contribution in [1.82, 2.24) is 15.5 Å². The van der Waals surface area contributed by atoms with Gasteiger partial charge in [-0.15, -0.1) is 0 Å². The summed E-state index contributed by atoms with van der Waals surface area (Å²) in [7, 11) is 0. The lowest BCUT2D eigenvalue weighted by atomic mass is 9.73. The smallest absolute Gasteiger partial charge is 0.325 e. The minimum absolute atomic E-state index is 0.0602. The molecule has 1 aliphatic heterocycles. The number of rotatable bonds is 4. The second-order valence-corrected chi connectivity index (χ2v) is 6.84. The Kier molecular flexibility index (Phi) is 4.74. The maximum atomic E-state index is 12.9. The standard InChI is InChI=1S/C18H22FN3O3/c1-12-4-2-3-9-18(12)16(24)22(17(25)21-18)11-15(23)20-10-13-5-7-14(19)8-6-13/h5-8,12H,2-4,9-11H2,1H3,(H,20,23)(H,21,25)/t12-,18+/m0/s1. The molecule has 1 aliphatic carbocycles. The number of imide groups is 1. The van der Waals surface area contributed by atoms with E-state index in [2.05, 4.69) is 10.6 Å². The van der Waals surface area contributed by atoms with Crippen LogP contribution in [0, 0.1) is 11.7 Å². The third-order valence-electron chi connectivity index (χ3n) is 5.21. The van der Waals surface area contributed by atoms with Gasteiger partial charge in [0.1, 0.15) is 17.9 Å². The third kappa shape index (κ3) is 3.36. The monoisotopic (exact) mass is 347 g/mol. The van der Waals surface area contributed by atoms with Gasteiger partial charge in [-0.2, -0.15) is 0 Å². The number of amides is 4. The molecular formula is C18H22FN3O3. The molecule has 0 radical (unpaired) electrons. The Hall–Kier alpha value is -2.44. The van der Waals surface area contributed by atoms with Crippen molar-refractivity contribution in [1.29, 1.82) is 0 Å². The SMILES string of the molecule is C[C@H]1CCCC[C@@]12NC(=O)N(CC(=O)NCc1ccc(F)cc1)C2=O. The molecule has 0 aromatic heterocycles. The number of benzene rings is 1. The van der Waals surface area contributed by atoms with Crippen molar-refractivity contribution in [2.24, 2.45) is 5.92 Å². The van der Waals surface area contributed by atoms with E-state index in [4.69, 9.17) is 0 Å². The fourth-order valence-electron chi connectivity index (χ4n) is 3.64. The van der Waals surface area contributed by atoms with Gasteiger partial charge < -0.3 is 10.6 Å². The van der Waals surface area contributed by atoms with Gasteiger partial charge >= 0.3 is 6.03 Å². The molecule has 1 saturated carbocycles. The van der Waals surface area contributed by atoms with Crippen LogP contribution in [0.5, 0.6) is 0 Å². The molecule has 2 aliphatic rings. The summed E-state index contributed by atoms with van der Waals surface area (Å²) < 4.78 is 12.9. The normalized spacial score (nSPS) is 26.0. The topological polar surface area (TPSA) is 78.5 Å². The van der Waals surface area contributed by atoms with Crippen molar-refractivity contribution in [2.45, 2.75) is 44.7 Å². The molecular weight excluding hydrogens is 325 g/mol. The van der Waals surface area contributed by atoms with E-state index in [1.807, 2.05) is 6.92 Å². The van der Waals surface area contributed by atoms with Gasteiger partial charge in [0.05, 0.1) is 0 Å². The fourth-order valence-corrected chi connectivity index (χ4v) is 3.64. The highest BCUT2D eigenvalue weighted by atomic mass is 19.1. The number of hydrogen-bond donors (Lipinski definition) is 2. The predicted octanol–water partition coefficient (Wildman–Crippen LogP) is 1.94. The van der Waals surface area contributed by atoms with E-state index >= 15 is 0 Å². The molecule has 2 fully saturated rings. The molecule has 3 rings (SSSR count). The van der Waals surface area contributed by atoms with E-state index in [1.165, 1.54) is 12.1 Å². The average molecular weight is 347 g/mol. The number of nitrogens with one attached hydrogen (secondary N) is 2. The number of halogens is 1. The molecule has 25 heavy (non-hydrogen) atoms. The molecule has 1 spiro atoms. The van der Waals surface area contributed by atoms with Crippen molar-refractivity contribution >= 4 is 17.8 Å². The summed E-state index contributed by atoms with van der Waals surface area (Å²) in [6.45, 7) is 1.88. The van der Waals surface area contributed by atoms with Gasteiger partial charge in [-0.3, -0.25) is 14.5 Å². The van der Waals surface area contributed by atoms with Crippen molar-refractivity contribution in [2.75, 3.05) is 6.54 Å². The number of urea groups is 1. The van der Waals surface area contributed by atoms with Crippen LogP contribution < -0.4 is 10.6 Å². The zero-order valence-electron chi connectivity index (χ0n) is 14.2.